The molecular formula is C12H14ClN3O3. The average Bonchev–Trinajstić information content (AvgIpc) is 2.64. The second-order valence-corrected chi connectivity index (χ2v) is 4.56. The molecule has 0 saturated heterocycles. The number of ether oxygens (including phenoxy) is 1. The van der Waals surface area contributed by atoms with Crippen LogP contribution in [0.15, 0.2) is 18.2 Å². The van der Waals surface area contributed by atoms with E-state index in [2.05, 4.69) is 10.4 Å². The van der Waals surface area contributed by atoms with Crippen LogP contribution in [-0.2, 0) is 6.54 Å². The molecule has 0 radical (unpaired) electrons. The van der Waals surface area contributed by atoms with Crippen molar-refractivity contribution < 1.29 is 14.6 Å². The first-order valence-corrected chi connectivity index (χ1v) is 6.08. The first-order chi connectivity index (χ1) is 9.01. The molecule has 0 aliphatic rings. The molecule has 2 aromatic rings. The van der Waals surface area contributed by atoms with Crippen molar-refractivity contribution in [2.45, 2.75) is 19.5 Å². The van der Waals surface area contributed by atoms with Crippen LogP contribution in [0.5, 0.6) is 5.75 Å². The topological polar surface area (TPSA) is 76.4 Å². The number of aromatic nitrogens is 2. The molecule has 6 nitrogen and oxygen atoms in total. The van der Waals surface area contributed by atoms with Crippen LogP contribution in [0.1, 0.15) is 6.92 Å². The van der Waals surface area contributed by atoms with Crippen LogP contribution in [0.4, 0.5) is 4.79 Å². The third-order valence-corrected chi connectivity index (χ3v) is 3.01. The van der Waals surface area contributed by atoms with Gasteiger partial charge in [0.25, 0.3) is 0 Å². The SMILES string of the molecule is COc1ccc2c(Cl)nn(CC(C)NC(=O)O)c2c1. The monoisotopic (exact) mass is 283 g/mol. The molecule has 1 heterocycles. The quantitative estimate of drug-likeness (QED) is 0.903. The molecule has 102 valence electrons. The Morgan fingerprint density at radius 3 is 3.00 bits per heavy atom. The standard InChI is InChI=1S/C12H14ClN3O3/c1-7(14-12(17)18)6-16-10-5-8(19-2)3-4-9(10)11(13)15-16/h3-5,7,14H,6H2,1-2H3,(H,17,18). The van der Waals surface area contributed by atoms with E-state index in [4.69, 9.17) is 21.4 Å². The molecule has 7 heteroatoms. The summed E-state index contributed by atoms with van der Waals surface area (Å²) in [5.74, 6) is 0.698. The number of amides is 1. The Kier molecular flexibility index (Phi) is 3.80. The van der Waals surface area contributed by atoms with Crippen molar-refractivity contribution in [3.63, 3.8) is 0 Å². The minimum absolute atomic E-state index is 0.275. The summed E-state index contributed by atoms with van der Waals surface area (Å²) in [6.45, 7) is 2.15. The fraction of sp³-hybridized carbons (Fsp3) is 0.333. The Balaban J connectivity index is 2.34. The molecule has 0 spiro atoms. The Bertz CT molecular complexity index is 612. The van der Waals surface area contributed by atoms with E-state index in [1.54, 1.807) is 24.8 Å². The molecule has 1 atom stereocenters. The van der Waals surface area contributed by atoms with Gasteiger partial charge in [-0.15, -0.1) is 0 Å². The van der Waals surface area contributed by atoms with Gasteiger partial charge in [-0.25, -0.2) is 4.79 Å². The van der Waals surface area contributed by atoms with Crippen LogP contribution < -0.4 is 10.1 Å². The van der Waals surface area contributed by atoms with Crippen LogP contribution in [0, 0.1) is 0 Å². The summed E-state index contributed by atoms with van der Waals surface area (Å²) in [6.07, 6.45) is -1.06. The van der Waals surface area contributed by atoms with Gasteiger partial charge in [-0.3, -0.25) is 4.68 Å². The summed E-state index contributed by atoms with van der Waals surface area (Å²) >= 11 is 6.05. The molecule has 0 bridgehead atoms. The number of nitrogens with zero attached hydrogens (tertiary/aromatic N) is 2. The van der Waals surface area contributed by atoms with E-state index >= 15 is 0 Å². The lowest BCUT2D eigenvalue weighted by molar-refractivity contribution is 0.189. The number of hydrogen-bond acceptors (Lipinski definition) is 3. The molecule has 2 rings (SSSR count). The van der Waals surface area contributed by atoms with E-state index in [9.17, 15) is 4.79 Å². The summed E-state index contributed by atoms with van der Waals surface area (Å²) in [5, 5.41) is 16.5. The van der Waals surface area contributed by atoms with Gasteiger partial charge in [0.05, 0.1) is 19.2 Å². The van der Waals surface area contributed by atoms with Gasteiger partial charge in [0, 0.05) is 17.5 Å². The van der Waals surface area contributed by atoms with Gasteiger partial charge >= 0.3 is 6.09 Å². The summed E-state index contributed by atoms with van der Waals surface area (Å²) in [7, 11) is 1.58. The predicted molar refractivity (Wildman–Crippen MR) is 71.9 cm³/mol. The van der Waals surface area contributed by atoms with Crippen molar-refractivity contribution in [2.75, 3.05) is 7.11 Å². The maximum atomic E-state index is 10.6. The first-order valence-electron chi connectivity index (χ1n) is 5.70. The van der Waals surface area contributed by atoms with Crippen LogP contribution >= 0.6 is 11.6 Å². The molecule has 19 heavy (non-hydrogen) atoms. The van der Waals surface area contributed by atoms with E-state index < -0.39 is 6.09 Å². The molecule has 0 aliphatic carbocycles. The van der Waals surface area contributed by atoms with E-state index in [1.165, 1.54) is 0 Å². The number of carboxylic acid groups (broad SMARTS) is 1. The van der Waals surface area contributed by atoms with E-state index in [0.717, 1.165) is 10.9 Å². The number of rotatable bonds is 4. The highest BCUT2D eigenvalue weighted by Gasteiger charge is 2.13. The number of benzene rings is 1. The number of halogens is 1. The van der Waals surface area contributed by atoms with Gasteiger partial charge < -0.3 is 15.2 Å². The van der Waals surface area contributed by atoms with Crippen LogP contribution in [0.25, 0.3) is 10.9 Å². The number of nitrogens with one attached hydrogen (secondary N) is 1. The van der Waals surface area contributed by atoms with Crippen LogP contribution in [0.2, 0.25) is 5.15 Å². The number of hydrogen-bond donors (Lipinski definition) is 2. The lowest BCUT2D eigenvalue weighted by atomic mass is 10.2. The van der Waals surface area contributed by atoms with Gasteiger partial charge in [-0.2, -0.15) is 5.10 Å². The largest absolute Gasteiger partial charge is 0.497 e. The Labute approximate surface area is 114 Å². The second-order valence-electron chi connectivity index (χ2n) is 4.21. The highest BCUT2D eigenvalue weighted by atomic mass is 35.5. The van der Waals surface area contributed by atoms with E-state index in [0.29, 0.717) is 17.4 Å². The highest BCUT2D eigenvalue weighted by molar-refractivity contribution is 6.34. The fourth-order valence-corrected chi connectivity index (χ4v) is 2.15. The molecule has 0 saturated carbocycles. The van der Waals surface area contributed by atoms with Crippen molar-refractivity contribution in [3.05, 3.63) is 23.4 Å². The van der Waals surface area contributed by atoms with Crippen LogP contribution in [-0.4, -0.2) is 34.1 Å². The molecule has 1 amide bonds. The number of methoxy groups -OCH3 is 1. The first kappa shape index (κ1) is 13.5. The molecule has 2 N–H and O–H groups in total. The highest BCUT2D eigenvalue weighted by Crippen LogP contribution is 2.26. The average molecular weight is 284 g/mol. The minimum Gasteiger partial charge on any atom is -0.497 e. The zero-order chi connectivity index (χ0) is 14.0. The lowest BCUT2D eigenvalue weighted by Crippen LogP contribution is -2.34. The number of fused-ring (bicyclic) bond motifs is 1. The Hall–Kier alpha value is -1.95. The maximum Gasteiger partial charge on any atom is 0.404 e. The van der Waals surface area contributed by atoms with E-state index in [-0.39, 0.29) is 6.04 Å². The predicted octanol–water partition coefficient (Wildman–Crippen LogP) is 2.35. The van der Waals surface area contributed by atoms with Gasteiger partial charge in [0.15, 0.2) is 5.15 Å². The molecule has 0 fully saturated rings. The summed E-state index contributed by atoms with van der Waals surface area (Å²) in [6, 6.07) is 5.18. The third-order valence-electron chi connectivity index (χ3n) is 2.73. The fourth-order valence-electron chi connectivity index (χ4n) is 1.90. The van der Waals surface area contributed by atoms with E-state index in [1.807, 2.05) is 12.1 Å². The van der Waals surface area contributed by atoms with Crippen molar-refractivity contribution in [1.82, 2.24) is 15.1 Å². The Morgan fingerprint density at radius 2 is 2.37 bits per heavy atom. The summed E-state index contributed by atoms with van der Waals surface area (Å²) in [5.41, 5.74) is 0.809. The maximum absolute atomic E-state index is 10.6. The van der Waals surface area contributed by atoms with Crippen molar-refractivity contribution in [2.24, 2.45) is 0 Å². The second kappa shape index (κ2) is 5.36. The summed E-state index contributed by atoms with van der Waals surface area (Å²) < 4.78 is 6.83. The molecule has 0 aliphatic heterocycles. The van der Waals surface area contributed by atoms with Crippen molar-refractivity contribution >= 4 is 28.6 Å². The Morgan fingerprint density at radius 1 is 1.63 bits per heavy atom. The smallest absolute Gasteiger partial charge is 0.404 e. The van der Waals surface area contributed by atoms with Gasteiger partial charge in [0.1, 0.15) is 5.75 Å². The normalized spacial score (nSPS) is 12.4. The third kappa shape index (κ3) is 2.90. The van der Waals surface area contributed by atoms with Gasteiger partial charge in [-0.05, 0) is 19.1 Å². The number of carbonyl (C=O) groups is 1. The molecular weight excluding hydrogens is 270 g/mol. The molecule has 1 aromatic carbocycles. The molecule has 1 unspecified atom stereocenters. The lowest BCUT2D eigenvalue weighted by Gasteiger charge is -2.12. The summed E-state index contributed by atoms with van der Waals surface area (Å²) in [4.78, 5) is 10.6. The minimum atomic E-state index is -1.06. The zero-order valence-corrected chi connectivity index (χ0v) is 11.3. The molecule has 1 aromatic heterocycles. The zero-order valence-electron chi connectivity index (χ0n) is 10.6. The van der Waals surface area contributed by atoms with Crippen LogP contribution in [0.3, 0.4) is 0 Å². The van der Waals surface area contributed by atoms with Crippen molar-refractivity contribution in [3.8, 4) is 5.75 Å². The van der Waals surface area contributed by atoms with Crippen molar-refractivity contribution in [1.29, 1.82) is 0 Å². The van der Waals surface area contributed by atoms with Gasteiger partial charge in [-0.1, -0.05) is 11.6 Å². The van der Waals surface area contributed by atoms with Gasteiger partial charge in [0.2, 0.25) is 0 Å².